The van der Waals surface area contributed by atoms with Crippen LogP contribution in [0.25, 0.3) is 12.2 Å². The van der Waals surface area contributed by atoms with E-state index in [1.54, 1.807) is 16.7 Å². The van der Waals surface area contributed by atoms with Crippen LogP contribution >= 0.6 is 15.9 Å². The maximum atomic E-state index is 13.0. The highest BCUT2D eigenvalue weighted by Gasteiger charge is 2.15. The predicted molar refractivity (Wildman–Crippen MR) is 100 cm³/mol. The molecular formula is C19H21BrN2O. The van der Waals surface area contributed by atoms with E-state index in [-0.39, 0.29) is 10.4 Å². The molecule has 0 spiro atoms. The second-order valence-electron chi connectivity index (χ2n) is 5.21. The van der Waals surface area contributed by atoms with E-state index < -0.39 is 0 Å². The molecule has 120 valence electrons. The average molecular weight is 373 g/mol. The van der Waals surface area contributed by atoms with E-state index in [1.165, 1.54) is 0 Å². The third-order valence-electron chi connectivity index (χ3n) is 3.64. The molecule has 2 aromatic rings. The van der Waals surface area contributed by atoms with E-state index in [0.29, 0.717) is 17.1 Å². The molecule has 0 aliphatic heterocycles. The first-order valence-corrected chi connectivity index (χ1v) is 8.61. The summed E-state index contributed by atoms with van der Waals surface area (Å²) in [4.78, 5) is 17.7. The lowest BCUT2D eigenvalue weighted by Crippen LogP contribution is -2.48. The van der Waals surface area contributed by atoms with Gasteiger partial charge >= 0.3 is 0 Å². The lowest BCUT2D eigenvalue weighted by Gasteiger charge is -2.15. The summed E-state index contributed by atoms with van der Waals surface area (Å²) in [6.45, 7) is 8.17. The zero-order valence-electron chi connectivity index (χ0n) is 13.5. The predicted octanol–water partition coefficient (Wildman–Crippen LogP) is 2.90. The molecule has 0 N–H and O–H groups in total. The monoisotopic (exact) mass is 372 g/mol. The first-order valence-electron chi connectivity index (χ1n) is 7.70. The Bertz CT molecular complexity index is 853. The summed E-state index contributed by atoms with van der Waals surface area (Å²) in [7, 11) is 0. The van der Waals surface area contributed by atoms with Crippen LogP contribution in [0.15, 0.2) is 47.8 Å². The zero-order chi connectivity index (χ0) is 16.8. The molecule has 1 aromatic carbocycles. The molecule has 3 nitrogen and oxygen atoms in total. The van der Waals surface area contributed by atoms with Gasteiger partial charge in [-0.3, -0.25) is 9.36 Å². The third kappa shape index (κ3) is 3.88. The number of rotatable bonds is 5. The van der Waals surface area contributed by atoms with Crippen molar-refractivity contribution in [2.24, 2.45) is 0 Å². The van der Waals surface area contributed by atoms with Crippen molar-refractivity contribution in [2.45, 2.75) is 31.6 Å². The number of aromatic nitrogens is 2. The summed E-state index contributed by atoms with van der Waals surface area (Å²) in [5.74, 6) is 0.760. The minimum absolute atomic E-state index is 0.0373. The molecule has 0 bridgehead atoms. The molecule has 0 aliphatic carbocycles. The number of halogens is 1. The van der Waals surface area contributed by atoms with Gasteiger partial charge in [-0.05, 0) is 25.0 Å². The minimum Gasteiger partial charge on any atom is -0.291 e. The Morgan fingerprint density at radius 3 is 2.61 bits per heavy atom. The number of allylic oxidation sites excluding steroid dienone is 1. The Morgan fingerprint density at radius 1 is 1.35 bits per heavy atom. The topological polar surface area (TPSA) is 34.9 Å². The van der Waals surface area contributed by atoms with Gasteiger partial charge in [0, 0.05) is 0 Å². The Balaban J connectivity index is 2.76. The van der Waals surface area contributed by atoms with Gasteiger partial charge in [-0.2, -0.15) is 0 Å². The molecule has 1 aromatic heterocycles. The molecule has 1 unspecified atom stereocenters. The Hall–Kier alpha value is -1.94. The molecule has 0 fully saturated rings. The lowest BCUT2D eigenvalue weighted by atomic mass is 10.2. The van der Waals surface area contributed by atoms with Crippen molar-refractivity contribution in [2.75, 3.05) is 0 Å². The van der Waals surface area contributed by atoms with Crippen LogP contribution in [0.3, 0.4) is 0 Å². The van der Waals surface area contributed by atoms with Gasteiger partial charge in [-0.15, -0.1) is 0 Å². The number of nitrogens with zero attached hydrogens (tertiary/aromatic N) is 2. The maximum Gasteiger partial charge on any atom is 0.261 e. The van der Waals surface area contributed by atoms with E-state index in [1.807, 2.05) is 43.3 Å². The Kier molecular flexibility index (Phi) is 6.11. The molecule has 1 atom stereocenters. The fourth-order valence-electron chi connectivity index (χ4n) is 2.44. The largest absolute Gasteiger partial charge is 0.291 e. The molecule has 23 heavy (non-hydrogen) atoms. The van der Waals surface area contributed by atoms with Crippen molar-refractivity contribution in [3.05, 3.63) is 75.3 Å². The lowest BCUT2D eigenvalue weighted by molar-refractivity contribution is 0.641. The summed E-state index contributed by atoms with van der Waals surface area (Å²) in [6.07, 6.45) is 6.08. The second-order valence-corrected chi connectivity index (χ2v) is 6.32. The molecule has 1 heterocycles. The molecular weight excluding hydrogens is 352 g/mol. The third-order valence-corrected chi connectivity index (χ3v) is 4.70. The molecule has 0 saturated carbocycles. The Labute approximate surface area is 144 Å². The van der Waals surface area contributed by atoms with Gasteiger partial charge in [0.2, 0.25) is 0 Å². The normalized spacial score (nSPS) is 14.0. The number of hydrogen-bond acceptors (Lipinski definition) is 2. The van der Waals surface area contributed by atoms with E-state index in [0.717, 1.165) is 17.8 Å². The van der Waals surface area contributed by atoms with Crippen molar-refractivity contribution in [1.82, 2.24) is 9.55 Å². The van der Waals surface area contributed by atoms with Crippen molar-refractivity contribution in [3.63, 3.8) is 0 Å². The van der Waals surface area contributed by atoms with Gasteiger partial charge < -0.3 is 0 Å². The van der Waals surface area contributed by atoms with E-state index in [2.05, 4.69) is 29.4 Å². The van der Waals surface area contributed by atoms with Gasteiger partial charge in [0.25, 0.3) is 5.56 Å². The summed E-state index contributed by atoms with van der Waals surface area (Å²) in [5, 5.41) is 1.28. The minimum atomic E-state index is -0.0373. The van der Waals surface area contributed by atoms with Crippen molar-refractivity contribution >= 4 is 28.1 Å². The van der Waals surface area contributed by atoms with Gasteiger partial charge in [0.1, 0.15) is 5.82 Å². The second kappa shape index (κ2) is 8.06. The molecule has 0 saturated heterocycles. The van der Waals surface area contributed by atoms with Crippen LogP contribution in [0.2, 0.25) is 0 Å². The van der Waals surface area contributed by atoms with Crippen molar-refractivity contribution in [3.8, 4) is 0 Å². The first-order chi connectivity index (χ1) is 11.1. The van der Waals surface area contributed by atoms with Crippen LogP contribution in [0.1, 0.15) is 36.5 Å². The van der Waals surface area contributed by atoms with Crippen LogP contribution in [-0.2, 0) is 6.54 Å². The number of benzene rings is 1. The van der Waals surface area contributed by atoms with Crippen LogP contribution in [0.4, 0.5) is 0 Å². The van der Waals surface area contributed by atoms with Gasteiger partial charge in [0.15, 0.2) is 0 Å². The highest BCUT2D eigenvalue weighted by atomic mass is 79.9. The fraction of sp³-hybridized carbons (Fsp3) is 0.263. The summed E-state index contributed by atoms with van der Waals surface area (Å²) in [5.41, 5.74) is 1.04. The summed E-state index contributed by atoms with van der Waals surface area (Å²) in [6, 6.07) is 9.95. The number of alkyl halides is 1. The summed E-state index contributed by atoms with van der Waals surface area (Å²) >= 11 is 3.64. The van der Waals surface area contributed by atoms with Crippen LogP contribution < -0.4 is 16.1 Å². The van der Waals surface area contributed by atoms with Crippen molar-refractivity contribution in [1.29, 1.82) is 0 Å². The highest BCUT2D eigenvalue weighted by Crippen LogP contribution is 2.22. The molecule has 4 heteroatoms. The zero-order valence-corrected chi connectivity index (χ0v) is 15.1. The van der Waals surface area contributed by atoms with Gasteiger partial charge in [0.05, 0.1) is 21.9 Å². The average Bonchev–Trinajstić information content (AvgIpc) is 2.59. The summed E-state index contributed by atoms with van der Waals surface area (Å²) < 4.78 is 1.75. The van der Waals surface area contributed by atoms with E-state index in [4.69, 9.17) is 4.98 Å². The number of hydrogen-bond donors (Lipinski definition) is 0. The van der Waals surface area contributed by atoms with Crippen LogP contribution in [-0.4, -0.2) is 9.55 Å². The Morgan fingerprint density at radius 2 is 2.04 bits per heavy atom. The van der Waals surface area contributed by atoms with Crippen molar-refractivity contribution < 1.29 is 0 Å². The smallest absolute Gasteiger partial charge is 0.261 e. The molecule has 2 rings (SSSR count). The van der Waals surface area contributed by atoms with Gasteiger partial charge in [-0.1, -0.05) is 71.9 Å². The SMILES string of the molecule is C=C/C=c1/c(=O)n(Cc2ccccc2)c(C(Br)CC)n/c1=C/C. The molecule has 0 aliphatic rings. The highest BCUT2D eigenvalue weighted by molar-refractivity contribution is 9.09. The standard InChI is InChI=1S/C19H21BrN2O/c1-4-10-15-17(6-3)21-18(16(20)5-2)22(19(15)23)13-14-11-8-7-9-12-14/h4,6-12,16H,1,5,13H2,2-3H3/b15-10+,17-6+. The maximum absolute atomic E-state index is 13.0. The van der Waals surface area contributed by atoms with Crippen LogP contribution in [0.5, 0.6) is 0 Å². The van der Waals surface area contributed by atoms with Gasteiger partial charge in [-0.25, -0.2) is 4.98 Å². The first kappa shape index (κ1) is 17.4. The molecule has 0 amide bonds. The van der Waals surface area contributed by atoms with Crippen LogP contribution in [0, 0.1) is 0 Å². The molecule has 0 radical (unpaired) electrons. The van der Waals surface area contributed by atoms with E-state index in [9.17, 15) is 4.79 Å². The fourth-order valence-corrected chi connectivity index (χ4v) is 2.79. The van der Waals surface area contributed by atoms with E-state index >= 15 is 0 Å². The quantitative estimate of drug-likeness (QED) is 0.756.